The smallest absolute Gasteiger partial charge is 0.0984 e. The summed E-state index contributed by atoms with van der Waals surface area (Å²) in [5, 5.41) is 6.46. The van der Waals surface area contributed by atoms with Crippen molar-refractivity contribution in [3.05, 3.63) is 40.6 Å². The van der Waals surface area contributed by atoms with Gasteiger partial charge in [-0.1, -0.05) is 6.92 Å². The van der Waals surface area contributed by atoms with Gasteiger partial charge >= 0.3 is 0 Å². The van der Waals surface area contributed by atoms with Gasteiger partial charge in [0.15, 0.2) is 0 Å². The first-order chi connectivity index (χ1) is 7.88. The lowest BCUT2D eigenvalue weighted by atomic mass is 10.2. The van der Waals surface area contributed by atoms with E-state index in [4.69, 9.17) is 0 Å². The van der Waals surface area contributed by atoms with E-state index in [1.54, 1.807) is 11.3 Å². The summed E-state index contributed by atoms with van der Waals surface area (Å²) >= 11 is 1.67. The van der Waals surface area contributed by atoms with E-state index in [0.717, 1.165) is 35.8 Å². The number of thiazole rings is 1. The molecular weight excluding hydrogens is 218 g/mol. The maximum Gasteiger partial charge on any atom is 0.0984 e. The fourth-order valence-corrected chi connectivity index (χ4v) is 2.08. The van der Waals surface area contributed by atoms with E-state index in [1.807, 2.05) is 23.8 Å². The van der Waals surface area contributed by atoms with Gasteiger partial charge in [-0.05, 0) is 18.6 Å². The number of hydrogen-bond acceptors (Lipinski definition) is 4. The minimum atomic E-state index is 0.819. The van der Waals surface area contributed by atoms with Crippen LogP contribution in [0.25, 0.3) is 0 Å². The summed E-state index contributed by atoms with van der Waals surface area (Å²) in [6.07, 6.45) is 5.63. The van der Waals surface area contributed by atoms with Crippen molar-refractivity contribution in [1.29, 1.82) is 0 Å². The minimum Gasteiger partial charge on any atom is -0.385 e. The maximum absolute atomic E-state index is 4.35. The van der Waals surface area contributed by atoms with Crippen LogP contribution in [0.4, 0.5) is 5.69 Å². The summed E-state index contributed by atoms with van der Waals surface area (Å²) in [6.45, 7) is 3.16. The molecule has 2 heterocycles. The Balaban J connectivity index is 2.04. The van der Waals surface area contributed by atoms with Gasteiger partial charge in [0.2, 0.25) is 0 Å². The van der Waals surface area contributed by atoms with Crippen LogP contribution < -0.4 is 5.32 Å². The molecule has 0 bridgehead atoms. The molecule has 0 unspecified atom stereocenters. The first kappa shape index (κ1) is 11.1. The average molecular weight is 233 g/mol. The summed E-state index contributed by atoms with van der Waals surface area (Å²) in [7, 11) is 0. The zero-order valence-electron chi connectivity index (χ0n) is 9.31. The largest absolute Gasteiger partial charge is 0.385 e. The fraction of sp³-hybridized carbons (Fsp3) is 0.333. The number of aromatic nitrogens is 2. The van der Waals surface area contributed by atoms with Crippen LogP contribution in [0.15, 0.2) is 29.9 Å². The van der Waals surface area contributed by atoms with E-state index in [1.165, 1.54) is 0 Å². The summed E-state index contributed by atoms with van der Waals surface area (Å²) in [4.78, 5) is 8.61. The number of hydrogen-bond donors (Lipinski definition) is 1. The van der Waals surface area contributed by atoms with Crippen molar-refractivity contribution in [2.45, 2.75) is 19.8 Å². The molecule has 0 atom stereocenters. The zero-order valence-corrected chi connectivity index (χ0v) is 10.1. The van der Waals surface area contributed by atoms with E-state index in [0.29, 0.717) is 0 Å². The van der Waals surface area contributed by atoms with Gasteiger partial charge in [-0.25, -0.2) is 4.98 Å². The molecule has 0 amide bonds. The second kappa shape index (κ2) is 5.61. The Labute approximate surface area is 99.6 Å². The summed E-state index contributed by atoms with van der Waals surface area (Å²) in [6, 6.07) is 4.10. The molecule has 2 rings (SSSR count). The van der Waals surface area contributed by atoms with Crippen molar-refractivity contribution in [3.8, 4) is 0 Å². The topological polar surface area (TPSA) is 37.8 Å². The minimum absolute atomic E-state index is 0.819. The number of nitrogens with one attached hydrogen (secondary N) is 1. The van der Waals surface area contributed by atoms with Gasteiger partial charge in [0.05, 0.1) is 5.01 Å². The first-order valence-corrected chi connectivity index (χ1v) is 6.33. The third kappa shape index (κ3) is 3.03. The molecule has 0 aliphatic carbocycles. The molecule has 0 spiro atoms. The van der Waals surface area contributed by atoms with Gasteiger partial charge in [0.25, 0.3) is 0 Å². The van der Waals surface area contributed by atoms with Crippen LogP contribution in [-0.4, -0.2) is 16.5 Å². The maximum atomic E-state index is 4.35. The van der Waals surface area contributed by atoms with E-state index in [-0.39, 0.29) is 0 Å². The summed E-state index contributed by atoms with van der Waals surface area (Å²) < 4.78 is 0. The molecular formula is C12H15N3S. The standard InChI is InChI=1S/C12H15N3S/c1-2-4-13-10-3-5-14-11(8-10)9-12-15-6-7-16-12/h3,5-8H,2,4,9H2,1H3,(H,13,14). The SMILES string of the molecule is CCCNc1ccnc(Cc2nccs2)c1. The highest BCUT2D eigenvalue weighted by atomic mass is 32.1. The number of pyridine rings is 1. The first-order valence-electron chi connectivity index (χ1n) is 5.45. The molecule has 0 aromatic carbocycles. The highest BCUT2D eigenvalue weighted by Gasteiger charge is 2.01. The summed E-state index contributed by atoms with van der Waals surface area (Å²) in [5.74, 6) is 0. The van der Waals surface area contributed by atoms with Gasteiger partial charge in [-0.3, -0.25) is 4.98 Å². The Bertz CT molecular complexity index is 426. The summed E-state index contributed by atoms with van der Waals surface area (Å²) in [5.41, 5.74) is 2.21. The predicted octanol–water partition coefficient (Wildman–Crippen LogP) is 2.95. The van der Waals surface area contributed by atoms with E-state index in [9.17, 15) is 0 Å². The van der Waals surface area contributed by atoms with E-state index >= 15 is 0 Å². The molecule has 84 valence electrons. The Hall–Kier alpha value is -1.42. The van der Waals surface area contributed by atoms with Gasteiger partial charge in [0.1, 0.15) is 0 Å². The lowest BCUT2D eigenvalue weighted by molar-refractivity contribution is 0.974. The van der Waals surface area contributed by atoms with Crippen LogP contribution in [0, 0.1) is 0 Å². The Kier molecular flexibility index (Phi) is 3.88. The van der Waals surface area contributed by atoms with E-state index < -0.39 is 0 Å². The van der Waals surface area contributed by atoms with E-state index in [2.05, 4.69) is 28.3 Å². The lowest BCUT2D eigenvalue weighted by Crippen LogP contribution is -2.01. The quantitative estimate of drug-likeness (QED) is 0.862. The van der Waals surface area contributed by atoms with Crippen molar-refractivity contribution < 1.29 is 0 Å². The normalized spacial score (nSPS) is 10.3. The molecule has 3 nitrogen and oxygen atoms in total. The Morgan fingerprint density at radius 1 is 1.31 bits per heavy atom. The molecule has 1 N–H and O–H groups in total. The van der Waals surface area contributed by atoms with Crippen molar-refractivity contribution >= 4 is 17.0 Å². The second-order valence-corrected chi connectivity index (χ2v) is 4.54. The van der Waals surface area contributed by atoms with Gasteiger partial charge < -0.3 is 5.32 Å². The molecule has 0 aliphatic rings. The van der Waals surface area contributed by atoms with Crippen molar-refractivity contribution in [1.82, 2.24) is 9.97 Å². The Morgan fingerprint density at radius 3 is 3.00 bits per heavy atom. The number of rotatable bonds is 5. The van der Waals surface area contributed by atoms with Crippen LogP contribution in [-0.2, 0) is 6.42 Å². The second-order valence-electron chi connectivity index (χ2n) is 3.57. The highest BCUT2D eigenvalue weighted by Crippen LogP contribution is 2.13. The van der Waals surface area contributed by atoms with Crippen LogP contribution in [0.5, 0.6) is 0 Å². The van der Waals surface area contributed by atoms with Crippen LogP contribution in [0.3, 0.4) is 0 Å². The fourth-order valence-electron chi connectivity index (χ4n) is 1.45. The van der Waals surface area contributed by atoms with Gasteiger partial charge in [0, 0.05) is 42.1 Å². The zero-order chi connectivity index (χ0) is 11.2. The Morgan fingerprint density at radius 2 is 2.25 bits per heavy atom. The number of anilines is 1. The van der Waals surface area contributed by atoms with Gasteiger partial charge in [-0.2, -0.15) is 0 Å². The molecule has 0 fully saturated rings. The van der Waals surface area contributed by atoms with Crippen molar-refractivity contribution in [3.63, 3.8) is 0 Å². The predicted molar refractivity (Wildman–Crippen MR) is 67.9 cm³/mol. The third-order valence-electron chi connectivity index (χ3n) is 2.21. The number of nitrogens with zero attached hydrogens (tertiary/aromatic N) is 2. The van der Waals surface area contributed by atoms with Crippen LogP contribution in [0.2, 0.25) is 0 Å². The van der Waals surface area contributed by atoms with Crippen molar-refractivity contribution in [2.24, 2.45) is 0 Å². The highest BCUT2D eigenvalue weighted by molar-refractivity contribution is 7.09. The molecule has 2 aromatic heterocycles. The van der Waals surface area contributed by atoms with Crippen LogP contribution >= 0.6 is 11.3 Å². The van der Waals surface area contributed by atoms with Crippen molar-refractivity contribution in [2.75, 3.05) is 11.9 Å². The lowest BCUT2D eigenvalue weighted by Gasteiger charge is -2.05. The average Bonchev–Trinajstić information content (AvgIpc) is 2.80. The molecule has 0 radical (unpaired) electrons. The molecule has 0 saturated heterocycles. The monoisotopic (exact) mass is 233 g/mol. The molecule has 16 heavy (non-hydrogen) atoms. The molecule has 0 saturated carbocycles. The third-order valence-corrected chi connectivity index (χ3v) is 2.99. The van der Waals surface area contributed by atoms with Gasteiger partial charge in [-0.15, -0.1) is 11.3 Å². The molecule has 2 aromatic rings. The molecule has 0 aliphatic heterocycles. The van der Waals surface area contributed by atoms with Crippen LogP contribution in [0.1, 0.15) is 24.0 Å². The molecule has 4 heteroatoms.